The number of fused-ring (bicyclic) bond motifs is 1. The van der Waals surface area contributed by atoms with Crippen LogP contribution in [0.5, 0.6) is 5.75 Å². The highest BCUT2D eigenvalue weighted by Crippen LogP contribution is 2.24. The quantitative estimate of drug-likeness (QED) is 0.738. The average molecular weight is 218 g/mol. The van der Waals surface area contributed by atoms with E-state index in [0.717, 1.165) is 23.1 Å². The van der Waals surface area contributed by atoms with Crippen molar-refractivity contribution >= 4 is 16.8 Å². The summed E-state index contributed by atoms with van der Waals surface area (Å²) in [6, 6.07) is 7.27. The minimum Gasteiger partial charge on any atom is -0.497 e. The first kappa shape index (κ1) is 10.7. The first-order valence-corrected chi connectivity index (χ1v) is 5.35. The lowest BCUT2D eigenvalue weighted by Gasteiger charge is -1.96. The molecule has 0 radical (unpaired) electrons. The van der Waals surface area contributed by atoms with Crippen molar-refractivity contribution in [2.24, 2.45) is 0 Å². The normalized spacial score (nSPS) is 10.6. The first-order valence-electron chi connectivity index (χ1n) is 5.35. The maximum atomic E-state index is 11.6. The third-order valence-electron chi connectivity index (χ3n) is 2.48. The molecule has 1 heterocycles. The molecule has 2 aromatic rings. The van der Waals surface area contributed by atoms with Crippen LogP contribution in [-0.2, 0) is 0 Å². The Morgan fingerprint density at radius 1 is 1.38 bits per heavy atom. The van der Waals surface area contributed by atoms with Gasteiger partial charge in [-0.15, -0.1) is 0 Å². The van der Waals surface area contributed by atoms with Crippen LogP contribution in [-0.4, -0.2) is 12.9 Å². The number of carbonyl (C=O) groups excluding carboxylic acids is 1. The SMILES string of the molecule is CCCC(=O)c1cc2cc(OC)ccc2o1. The highest BCUT2D eigenvalue weighted by Gasteiger charge is 2.11. The van der Waals surface area contributed by atoms with E-state index in [0.29, 0.717) is 12.2 Å². The number of Topliss-reactive ketones (excluding diaryl/α,β-unsaturated/α-hetero) is 1. The largest absolute Gasteiger partial charge is 0.497 e. The summed E-state index contributed by atoms with van der Waals surface area (Å²) in [4.78, 5) is 11.6. The Morgan fingerprint density at radius 3 is 2.88 bits per heavy atom. The molecular formula is C13H14O3. The van der Waals surface area contributed by atoms with Gasteiger partial charge < -0.3 is 9.15 Å². The second-order valence-electron chi connectivity index (χ2n) is 3.69. The second kappa shape index (κ2) is 4.39. The van der Waals surface area contributed by atoms with Crippen LogP contribution in [0.1, 0.15) is 30.3 Å². The molecule has 0 atom stereocenters. The number of furan rings is 1. The molecule has 3 nitrogen and oxygen atoms in total. The molecule has 84 valence electrons. The predicted octanol–water partition coefficient (Wildman–Crippen LogP) is 3.42. The number of hydrogen-bond donors (Lipinski definition) is 0. The zero-order valence-electron chi connectivity index (χ0n) is 9.45. The summed E-state index contributed by atoms with van der Waals surface area (Å²) in [5, 5.41) is 0.902. The first-order chi connectivity index (χ1) is 7.74. The minimum atomic E-state index is 0.0534. The smallest absolute Gasteiger partial charge is 0.198 e. The number of methoxy groups -OCH3 is 1. The van der Waals surface area contributed by atoms with Crippen molar-refractivity contribution in [2.75, 3.05) is 7.11 Å². The van der Waals surface area contributed by atoms with Crippen LogP contribution in [0.25, 0.3) is 11.0 Å². The van der Waals surface area contributed by atoms with Crippen LogP contribution in [0.2, 0.25) is 0 Å². The van der Waals surface area contributed by atoms with E-state index in [1.807, 2.05) is 25.1 Å². The van der Waals surface area contributed by atoms with Gasteiger partial charge in [0.05, 0.1) is 7.11 Å². The minimum absolute atomic E-state index is 0.0534. The molecule has 0 aliphatic heterocycles. The lowest BCUT2D eigenvalue weighted by atomic mass is 10.2. The molecule has 0 spiro atoms. The van der Waals surface area contributed by atoms with Gasteiger partial charge in [-0.2, -0.15) is 0 Å². The van der Waals surface area contributed by atoms with Crippen molar-refractivity contribution in [1.29, 1.82) is 0 Å². The van der Waals surface area contributed by atoms with Crippen LogP contribution in [0.4, 0.5) is 0 Å². The Labute approximate surface area is 94.0 Å². The maximum Gasteiger partial charge on any atom is 0.198 e. The Balaban J connectivity index is 2.39. The van der Waals surface area contributed by atoms with E-state index in [1.54, 1.807) is 13.2 Å². The number of hydrogen-bond acceptors (Lipinski definition) is 3. The van der Waals surface area contributed by atoms with Gasteiger partial charge in [0.2, 0.25) is 0 Å². The Bertz CT molecular complexity index is 511. The standard InChI is InChI=1S/C13H14O3/c1-3-4-11(14)13-8-9-7-10(15-2)5-6-12(9)16-13/h5-8H,3-4H2,1-2H3. The van der Waals surface area contributed by atoms with Gasteiger partial charge in [-0.25, -0.2) is 0 Å². The van der Waals surface area contributed by atoms with Gasteiger partial charge in [-0.1, -0.05) is 6.92 Å². The van der Waals surface area contributed by atoms with Gasteiger partial charge in [-0.3, -0.25) is 4.79 Å². The van der Waals surface area contributed by atoms with E-state index in [4.69, 9.17) is 9.15 Å². The molecule has 16 heavy (non-hydrogen) atoms. The van der Waals surface area contributed by atoms with Crippen LogP contribution in [0, 0.1) is 0 Å². The third-order valence-corrected chi connectivity index (χ3v) is 2.48. The summed E-state index contributed by atoms with van der Waals surface area (Å²) in [6.07, 6.45) is 1.36. The lowest BCUT2D eigenvalue weighted by Crippen LogP contribution is -1.94. The number of rotatable bonds is 4. The van der Waals surface area contributed by atoms with Gasteiger partial charge in [-0.05, 0) is 30.7 Å². The maximum absolute atomic E-state index is 11.6. The summed E-state index contributed by atoms with van der Waals surface area (Å²) in [6.45, 7) is 1.98. The van der Waals surface area contributed by atoms with E-state index < -0.39 is 0 Å². The van der Waals surface area contributed by atoms with E-state index >= 15 is 0 Å². The van der Waals surface area contributed by atoms with Crippen molar-refractivity contribution < 1.29 is 13.9 Å². The van der Waals surface area contributed by atoms with Gasteiger partial charge in [0.25, 0.3) is 0 Å². The van der Waals surface area contributed by atoms with Gasteiger partial charge in [0.15, 0.2) is 11.5 Å². The van der Waals surface area contributed by atoms with Crippen molar-refractivity contribution in [3.05, 3.63) is 30.0 Å². The summed E-state index contributed by atoms with van der Waals surface area (Å²) in [7, 11) is 1.62. The highest BCUT2D eigenvalue weighted by atomic mass is 16.5. The molecular weight excluding hydrogens is 204 g/mol. The monoisotopic (exact) mass is 218 g/mol. The molecule has 0 amide bonds. The van der Waals surface area contributed by atoms with E-state index in [2.05, 4.69) is 0 Å². The molecule has 0 fully saturated rings. The number of carbonyl (C=O) groups is 1. The molecule has 0 N–H and O–H groups in total. The molecule has 1 aromatic heterocycles. The van der Waals surface area contributed by atoms with Gasteiger partial charge >= 0.3 is 0 Å². The second-order valence-corrected chi connectivity index (χ2v) is 3.69. The van der Waals surface area contributed by atoms with Crippen molar-refractivity contribution in [3.8, 4) is 5.75 Å². The Morgan fingerprint density at radius 2 is 2.19 bits per heavy atom. The molecule has 0 saturated carbocycles. The summed E-state index contributed by atoms with van der Waals surface area (Å²) in [5.41, 5.74) is 0.722. The molecule has 0 aliphatic rings. The zero-order valence-corrected chi connectivity index (χ0v) is 9.45. The molecule has 1 aromatic carbocycles. The molecule has 0 unspecified atom stereocenters. The number of ether oxygens (including phenoxy) is 1. The van der Waals surface area contributed by atoms with E-state index in [1.165, 1.54) is 0 Å². The molecule has 0 bridgehead atoms. The lowest BCUT2D eigenvalue weighted by molar-refractivity contribution is 0.0957. The van der Waals surface area contributed by atoms with Crippen molar-refractivity contribution in [3.63, 3.8) is 0 Å². The predicted molar refractivity (Wildman–Crippen MR) is 62.0 cm³/mol. The Kier molecular flexibility index (Phi) is 2.95. The van der Waals surface area contributed by atoms with Crippen LogP contribution < -0.4 is 4.74 Å². The van der Waals surface area contributed by atoms with Crippen LogP contribution >= 0.6 is 0 Å². The fourth-order valence-electron chi connectivity index (χ4n) is 1.64. The van der Waals surface area contributed by atoms with E-state index in [9.17, 15) is 4.79 Å². The van der Waals surface area contributed by atoms with Gasteiger partial charge in [0.1, 0.15) is 11.3 Å². The van der Waals surface area contributed by atoms with Crippen molar-refractivity contribution in [2.45, 2.75) is 19.8 Å². The fraction of sp³-hybridized carbons (Fsp3) is 0.308. The average Bonchev–Trinajstić information content (AvgIpc) is 2.71. The number of ketones is 1. The summed E-state index contributed by atoms with van der Waals surface area (Å²) >= 11 is 0. The summed E-state index contributed by atoms with van der Waals surface area (Å²) in [5.74, 6) is 1.26. The van der Waals surface area contributed by atoms with Crippen LogP contribution in [0.15, 0.2) is 28.7 Å². The van der Waals surface area contributed by atoms with E-state index in [-0.39, 0.29) is 5.78 Å². The highest BCUT2D eigenvalue weighted by molar-refractivity contribution is 5.97. The molecule has 0 saturated heterocycles. The Hall–Kier alpha value is -1.77. The third kappa shape index (κ3) is 1.94. The van der Waals surface area contributed by atoms with Gasteiger partial charge in [0, 0.05) is 11.8 Å². The molecule has 3 heteroatoms. The zero-order chi connectivity index (χ0) is 11.5. The number of benzene rings is 1. The van der Waals surface area contributed by atoms with Crippen molar-refractivity contribution in [1.82, 2.24) is 0 Å². The fourth-order valence-corrected chi connectivity index (χ4v) is 1.64. The topological polar surface area (TPSA) is 39.4 Å². The summed E-state index contributed by atoms with van der Waals surface area (Å²) < 4.78 is 10.6. The molecule has 2 rings (SSSR count). The molecule has 0 aliphatic carbocycles. The van der Waals surface area contributed by atoms with Crippen LogP contribution in [0.3, 0.4) is 0 Å².